The summed E-state index contributed by atoms with van der Waals surface area (Å²) in [6.07, 6.45) is 2.63. The van der Waals surface area contributed by atoms with Crippen molar-refractivity contribution in [1.29, 1.82) is 0 Å². The smallest absolute Gasteiger partial charge is 0.295 e. The lowest BCUT2D eigenvalue weighted by molar-refractivity contribution is -0.384. The summed E-state index contributed by atoms with van der Waals surface area (Å²) < 4.78 is 2.23. The molecular weight excluding hydrogens is 368 g/mol. The average Bonchev–Trinajstić information content (AvgIpc) is 3.30. The molecule has 0 saturated carbocycles. The fourth-order valence-corrected chi connectivity index (χ4v) is 3.55. The monoisotopic (exact) mass is 380 g/mol. The number of hydrogen-bond donors (Lipinski definition) is 1. The van der Waals surface area contributed by atoms with Gasteiger partial charge in [-0.25, -0.2) is 14.6 Å². The first-order valence-electron chi connectivity index (χ1n) is 7.83. The number of hydrogen-bond acceptors (Lipinski definition) is 7. The van der Waals surface area contributed by atoms with Gasteiger partial charge in [0, 0.05) is 11.6 Å². The van der Waals surface area contributed by atoms with Crippen molar-refractivity contribution < 1.29 is 9.72 Å². The van der Waals surface area contributed by atoms with Crippen LogP contribution < -0.4 is 5.32 Å². The Morgan fingerprint density at radius 1 is 1.26 bits per heavy atom. The van der Waals surface area contributed by atoms with E-state index in [1.165, 1.54) is 46.9 Å². The number of carbonyl (C=O) groups is 1. The Kier molecular flexibility index (Phi) is 4.09. The second-order valence-electron chi connectivity index (χ2n) is 5.74. The number of benzene rings is 2. The predicted octanol–water partition coefficient (Wildman–Crippen LogP) is 3.35. The average molecular weight is 380 g/mol. The highest BCUT2D eigenvalue weighted by molar-refractivity contribution is 7.22. The maximum atomic E-state index is 12.5. The van der Waals surface area contributed by atoms with E-state index >= 15 is 0 Å². The van der Waals surface area contributed by atoms with Gasteiger partial charge in [-0.05, 0) is 36.8 Å². The zero-order valence-electron chi connectivity index (χ0n) is 14.0. The van der Waals surface area contributed by atoms with Gasteiger partial charge in [-0.3, -0.25) is 20.2 Å². The number of nitro groups is 1. The number of aryl methyl sites for hydroxylation is 1. The van der Waals surface area contributed by atoms with Crippen molar-refractivity contribution in [2.45, 2.75) is 6.92 Å². The molecule has 0 unspecified atom stereocenters. The van der Waals surface area contributed by atoms with Crippen LogP contribution in [0, 0.1) is 17.0 Å². The van der Waals surface area contributed by atoms with E-state index in [1.54, 1.807) is 0 Å². The Morgan fingerprint density at radius 2 is 2.11 bits per heavy atom. The largest absolute Gasteiger partial charge is 0.298 e. The molecule has 0 bridgehead atoms. The molecule has 9 nitrogen and oxygen atoms in total. The molecule has 134 valence electrons. The lowest BCUT2D eigenvalue weighted by Crippen LogP contribution is -2.12. The van der Waals surface area contributed by atoms with E-state index in [1.807, 2.05) is 25.1 Å². The van der Waals surface area contributed by atoms with E-state index in [2.05, 4.69) is 20.4 Å². The van der Waals surface area contributed by atoms with E-state index in [4.69, 9.17) is 0 Å². The second-order valence-corrected chi connectivity index (χ2v) is 6.78. The van der Waals surface area contributed by atoms with Crippen LogP contribution >= 0.6 is 11.3 Å². The molecule has 0 spiro atoms. The molecule has 0 aliphatic heterocycles. The molecule has 4 rings (SSSR count). The molecule has 0 fully saturated rings. The maximum absolute atomic E-state index is 12.5. The number of amides is 1. The number of nitrogens with one attached hydrogen (secondary N) is 1. The van der Waals surface area contributed by atoms with Crippen LogP contribution in [-0.2, 0) is 0 Å². The molecule has 1 amide bonds. The van der Waals surface area contributed by atoms with Gasteiger partial charge in [-0.1, -0.05) is 17.4 Å². The number of nitro benzene ring substituents is 1. The van der Waals surface area contributed by atoms with Crippen LogP contribution in [0.4, 0.5) is 10.8 Å². The minimum Gasteiger partial charge on any atom is -0.298 e. The van der Waals surface area contributed by atoms with Crippen molar-refractivity contribution in [3.05, 3.63) is 70.3 Å². The van der Waals surface area contributed by atoms with Crippen molar-refractivity contribution in [3.8, 4) is 5.69 Å². The van der Waals surface area contributed by atoms with Crippen LogP contribution in [0.2, 0.25) is 0 Å². The summed E-state index contributed by atoms with van der Waals surface area (Å²) in [5.74, 6) is -0.473. The third-order valence-electron chi connectivity index (χ3n) is 3.86. The number of aromatic nitrogens is 4. The van der Waals surface area contributed by atoms with Crippen molar-refractivity contribution in [3.63, 3.8) is 0 Å². The quantitative estimate of drug-likeness (QED) is 0.429. The van der Waals surface area contributed by atoms with Gasteiger partial charge >= 0.3 is 0 Å². The first-order valence-corrected chi connectivity index (χ1v) is 8.65. The van der Waals surface area contributed by atoms with Gasteiger partial charge in [0.15, 0.2) is 5.13 Å². The van der Waals surface area contributed by atoms with E-state index in [9.17, 15) is 14.9 Å². The minimum absolute atomic E-state index is 0.154. The number of nitrogens with zero attached hydrogens (tertiary/aromatic N) is 5. The molecular formula is C17H12N6O3S. The lowest BCUT2D eigenvalue weighted by Gasteiger charge is -2.05. The zero-order chi connectivity index (χ0) is 19.0. The molecule has 2 aromatic carbocycles. The summed E-state index contributed by atoms with van der Waals surface area (Å²) in [5, 5.41) is 18.4. The van der Waals surface area contributed by atoms with Gasteiger partial charge in [0.1, 0.15) is 18.3 Å². The Labute approximate surface area is 156 Å². The zero-order valence-corrected chi connectivity index (χ0v) is 14.8. The molecule has 2 aromatic heterocycles. The number of rotatable bonds is 4. The van der Waals surface area contributed by atoms with Crippen LogP contribution in [0.3, 0.4) is 0 Å². The van der Waals surface area contributed by atoms with Gasteiger partial charge < -0.3 is 0 Å². The van der Waals surface area contributed by atoms with E-state index in [-0.39, 0.29) is 16.9 Å². The van der Waals surface area contributed by atoms with E-state index in [0.717, 1.165) is 15.8 Å². The van der Waals surface area contributed by atoms with E-state index in [0.29, 0.717) is 5.13 Å². The van der Waals surface area contributed by atoms with Crippen LogP contribution in [0.15, 0.2) is 49.1 Å². The summed E-state index contributed by atoms with van der Waals surface area (Å²) in [6, 6.07) is 9.99. The highest BCUT2D eigenvalue weighted by Gasteiger charge is 2.20. The van der Waals surface area contributed by atoms with E-state index < -0.39 is 10.8 Å². The van der Waals surface area contributed by atoms with Gasteiger partial charge in [0.25, 0.3) is 11.6 Å². The number of anilines is 1. The molecule has 0 saturated heterocycles. The van der Waals surface area contributed by atoms with Crippen molar-refractivity contribution >= 4 is 38.3 Å². The molecule has 27 heavy (non-hydrogen) atoms. The fraction of sp³-hybridized carbons (Fsp3) is 0.0588. The SMILES string of the molecule is Cc1ccc2nc(NC(=O)c3ccc(-n4cncn4)c([N+](=O)[O-])c3)sc2c1. The number of fused-ring (bicyclic) bond motifs is 1. The minimum atomic E-state index is -0.561. The molecule has 0 atom stereocenters. The van der Waals surface area contributed by atoms with Gasteiger partial charge in [0.05, 0.1) is 15.1 Å². The Hall–Kier alpha value is -3.66. The molecule has 0 radical (unpaired) electrons. The summed E-state index contributed by atoms with van der Waals surface area (Å²) in [4.78, 5) is 31.5. The number of thiazole rings is 1. The van der Waals surface area contributed by atoms with Gasteiger partial charge in [-0.2, -0.15) is 5.10 Å². The molecule has 0 aliphatic carbocycles. The van der Waals surface area contributed by atoms with Crippen LogP contribution in [0.1, 0.15) is 15.9 Å². The molecule has 10 heteroatoms. The third-order valence-corrected chi connectivity index (χ3v) is 4.80. The van der Waals surface area contributed by atoms with Crippen LogP contribution in [-0.4, -0.2) is 30.6 Å². The Balaban J connectivity index is 1.64. The molecule has 2 heterocycles. The first kappa shape index (κ1) is 16.8. The van der Waals surface area contributed by atoms with Crippen molar-refractivity contribution in [2.75, 3.05) is 5.32 Å². The highest BCUT2D eigenvalue weighted by atomic mass is 32.1. The summed E-state index contributed by atoms with van der Waals surface area (Å²) >= 11 is 1.35. The number of carbonyl (C=O) groups excluding carboxylic acids is 1. The standard InChI is InChI=1S/C17H12N6O3S/c1-10-2-4-12-15(6-10)27-17(20-12)21-16(24)11-3-5-13(14(7-11)23(25)26)22-9-18-8-19-22/h2-9H,1H3,(H,20,21,24). The Morgan fingerprint density at radius 3 is 2.85 bits per heavy atom. The summed E-state index contributed by atoms with van der Waals surface area (Å²) in [6.45, 7) is 1.98. The maximum Gasteiger partial charge on any atom is 0.295 e. The highest BCUT2D eigenvalue weighted by Crippen LogP contribution is 2.28. The summed E-state index contributed by atoms with van der Waals surface area (Å²) in [7, 11) is 0. The Bertz CT molecular complexity index is 1170. The molecule has 1 N–H and O–H groups in total. The van der Waals surface area contributed by atoms with Gasteiger partial charge in [-0.15, -0.1) is 0 Å². The topological polar surface area (TPSA) is 116 Å². The summed E-state index contributed by atoms with van der Waals surface area (Å²) in [5.41, 5.74) is 2.02. The molecule has 4 aromatic rings. The van der Waals surface area contributed by atoms with Crippen LogP contribution in [0.5, 0.6) is 0 Å². The first-order chi connectivity index (χ1) is 13.0. The normalized spacial score (nSPS) is 10.9. The van der Waals surface area contributed by atoms with Crippen molar-refractivity contribution in [1.82, 2.24) is 19.7 Å². The lowest BCUT2D eigenvalue weighted by atomic mass is 10.1. The molecule has 0 aliphatic rings. The van der Waals surface area contributed by atoms with Crippen LogP contribution in [0.25, 0.3) is 15.9 Å². The fourth-order valence-electron chi connectivity index (χ4n) is 2.59. The van der Waals surface area contributed by atoms with Crippen molar-refractivity contribution in [2.24, 2.45) is 0 Å². The van der Waals surface area contributed by atoms with Gasteiger partial charge in [0.2, 0.25) is 0 Å². The third kappa shape index (κ3) is 3.25. The second kappa shape index (κ2) is 6.57. The predicted molar refractivity (Wildman–Crippen MR) is 100 cm³/mol.